The number of methoxy groups -OCH3 is 1. The number of carbonyl (C=O) groups excluding carboxylic acids is 1. The number of aromatic nitrogens is 4. The molecule has 0 radical (unpaired) electrons. The molecule has 1 amide bonds. The zero-order valence-electron chi connectivity index (χ0n) is 17.9. The van der Waals surface area contributed by atoms with Crippen LogP contribution in [0.2, 0.25) is 0 Å². The van der Waals surface area contributed by atoms with Gasteiger partial charge >= 0.3 is 12.1 Å². The van der Waals surface area contributed by atoms with E-state index in [4.69, 9.17) is 14.6 Å². The smallest absolute Gasteiger partial charge is 0.412 e. The Bertz CT molecular complexity index is 1510. The zero-order chi connectivity index (χ0) is 25.1. The van der Waals surface area contributed by atoms with Crippen molar-refractivity contribution in [2.45, 2.75) is 6.61 Å². The number of nitro benzene ring substituents is 1. The maximum Gasteiger partial charge on any atom is 0.412 e. The minimum absolute atomic E-state index is 0.00711. The summed E-state index contributed by atoms with van der Waals surface area (Å²) in [6.45, 7) is -0.241. The van der Waals surface area contributed by atoms with Crippen LogP contribution in [0.15, 0.2) is 47.4 Å². The molecule has 0 aliphatic rings. The first-order valence-corrected chi connectivity index (χ1v) is 9.83. The van der Waals surface area contributed by atoms with Crippen LogP contribution >= 0.6 is 0 Å². The van der Waals surface area contributed by atoms with Crippen LogP contribution in [0.4, 0.5) is 16.2 Å². The molecule has 0 saturated heterocycles. The number of ether oxygens (including phenoxy) is 2. The number of hydrogen-bond donors (Lipinski definition) is 4. The van der Waals surface area contributed by atoms with Crippen LogP contribution in [0.1, 0.15) is 16.2 Å². The molecule has 4 rings (SSSR count). The lowest BCUT2D eigenvalue weighted by atomic mass is 10.1. The molecule has 0 fully saturated rings. The number of nitro groups is 1. The van der Waals surface area contributed by atoms with Crippen LogP contribution in [0, 0.1) is 10.1 Å². The van der Waals surface area contributed by atoms with E-state index >= 15 is 0 Å². The van der Waals surface area contributed by atoms with E-state index in [0.717, 1.165) is 6.07 Å². The number of nitrogens with zero attached hydrogens (tertiary/aromatic N) is 3. The van der Waals surface area contributed by atoms with Crippen LogP contribution < -0.4 is 15.6 Å². The largest absolute Gasteiger partial charge is 0.497 e. The fraction of sp³-hybridized carbons (Fsp3) is 0.0952. The van der Waals surface area contributed by atoms with Crippen molar-refractivity contribution in [3.05, 3.63) is 74.5 Å². The third-order valence-corrected chi connectivity index (χ3v) is 4.78. The normalized spacial score (nSPS) is 10.7. The average molecular weight is 480 g/mol. The molecule has 0 aliphatic heterocycles. The van der Waals surface area contributed by atoms with Gasteiger partial charge in [0.2, 0.25) is 5.69 Å². The molecule has 14 heteroatoms. The second kappa shape index (κ2) is 9.30. The topological polar surface area (TPSA) is 202 Å². The number of nitrogens with one attached hydrogen (secondary N) is 3. The number of imidazole rings is 1. The molecule has 14 nitrogen and oxygen atoms in total. The fourth-order valence-electron chi connectivity index (χ4n) is 3.15. The first-order chi connectivity index (χ1) is 16.7. The van der Waals surface area contributed by atoms with Gasteiger partial charge in [-0.2, -0.15) is 0 Å². The van der Waals surface area contributed by atoms with E-state index in [9.17, 15) is 24.5 Å². The SMILES string of the molecule is COc1ccc(NC(=O)OCc2c[nH]c(-c3cc4nc(C(=O)O)c(=O)[nH]c4cc3[N+](=O)[O-])n2)cc1. The Hall–Kier alpha value is -5.27. The highest BCUT2D eigenvalue weighted by Gasteiger charge is 2.22. The summed E-state index contributed by atoms with van der Waals surface area (Å²) >= 11 is 0. The lowest BCUT2D eigenvalue weighted by Gasteiger charge is -2.06. The minimum atomic E-state index is -1.54. The van der Waals surface area contributed by atoms with Gasteiger partial charge in [-0.25, -0.2) is 19.6 Å². The molecule has 2 aromatic heterocycles. The Morgan fingerprint density at radius 3 is 2.60 bits per heavy atom. The van der Waals surface area contributed by atoms with E-state index in [1.807, 2.05) is 0 Å². The second-order valence-corrected chi connectivity index (χ2v) is 7.03. The van der Waals surface area contributed by atoms with Crippen LogP contribution in [0.3, 0.4) is 0 Å². The summed E-state index contributed by atoms with van der Waals surface area (Å²) in [6.07, 6.45) is 0.651. The van der Waals surface area contributed by atoms with E-state index in [0.29, 0.717) is 11.4 Å². The number of aromatic amines is 2. The van der Waals surface area contributed by atoms with E-state index < -0.39 is 33.9 Å². The Labute approximate surface area is 194 Å². The number of benzene rings is 2. The molecule has 0 bridgehead atoms. The number of amides is 1. The van der Waals surface area contributed by atoms with Crippen molar-refractivity contribution in [1.29, 1.82) is 0 Å². The molecule has 35 heavy (non-hydrogen) atoms. The van der Waals surface area contributed by atoms with Gasteiger partial charge < -0.3 is 24.5 Å². The molecule has 0 aliphatic carbocycles. The number of carbonyl (C=O) groups is 2. The second-order valence-electron chi connectivity index (χ2n) is 7.03. The summed E-state index contributed by atoms with van der Waals surface area (Å²) in [5, 5.41) is 23.3. The lowest BCUT2D eigenvalue weighted by molar-refractivity contribution is -0.384. The molecular weight excluding hydrogens is 464 g/mol. The maximum atomic E-state index is 12.0. The van der Waals surface area contributed by atoms with E-state index in [1.165, 1.54) is 19.4 Å². The first-order valence-electron chi connectivity index (χ1n) is 9.83. The Morgan fingerprint density at radius 2 is 1.94 bits per heavy atom. The summed E-state index contributed by atoms with van der Waals surface area (Å²) in [5.41, 5.74) is -1.41. The number of carboxylic acid groups (broad SMARTS) is 1. The highest BCUT2D eigenvalue weighted by atomic mass is 16.6. The predicted octanol–water partition coefficient (Wildman–Crippen LogP) is 2.68. The first kappa shape index (κ1) is 22.9. The van der Waals surface area contributed by atoms with Gasteiger partial charge in [0.1, 0.15) is 18.2 Å². The number of fused-ring (bicyclic) bond motifs is 1. The third-order valence-electron chi connectivity index (χ3n) is 4.78. The van der Waals surface area contributed by atoms with Gasteiger partial charge in [-0.15, -0.1) is 0 Å². The van der Waals surface area contributed by atoms with Gasteiger partial charge in [0, 0.05) is 18.0 Å². The van der Waals surface area contributed by atoms with Crippen molar-refractivity contribution >= 4 is 34.5 Å². The molecule has 0 unspecified atom stereocenters. The Balaban J connectivity index is 1.55. The molecule has 4 N–H and O–H groups in total. The fourth-order valence-corrected chi connectivity index (χ4v) is 3.15. The Kier molecular flexibility index (Phi) is 6.09. The molecule has 178 valence electrons. The number of H-pyrrole nitrogens is 2. The van der Waals surface area contributed by atoms with Crippen LogP contribution in [0.25, 0.3) is 22.4 Å². The van der Waals surface area contributed by atoms with Gasteiger partial charge in [-0.1, -0.05) is 0 Å². The van der Waals surface area contributed by atoms with Crippen LogP contribution in [-0.4, -0.2) is 49.1 Å². The third kappa shape index (κ3) is 4.90. The number of rotatable bonds is 7. The molecule has 0 spiro atoms. The summed E-state index contributed by atoms with van der Waals surface area (Å²) in [4.78, 5) is 59.1. The molecule has 4 aromatic rings. The number of hydrogen-bond acceptors (Lipinski definition) is 9. The van der Waals surface area contributed by atoms with Crippen molar-refractivity contribution in [3.8, 4) is 17.1 Å². The van der Waals surface area contributed by atoms with Gasteiger partial charge in [-0.3, -0.25) is 20.2 Å². The highest BCUT2D eigenvalue weighted by molar-refractivity contribution is 5.91. The summed E-state index contributed by atoms with van der Waals surface area (Å²) < 4.78 is 10.2. The monoisotopic (exact) mass is 480 g/mol. The summed E-state index contributed by atoms with van der Waals surface area (Å²) in [7, 11) is 1.52. The van der Waals surface area contributed by atoms with Crippen molar-refractivity contribution in [2.75, 3.05) is 12.4 Å². The number of carboxylic acids is 1. The number of anilines is 1. The van der Waals surface area contributed by atoms with Crippen molar-refractivity contribution in [2.24, 2.45) is 0 Å². The Morgan fingerprint density at radius 1 is 1.20 bits per heavy atom. The highest BCUT2D eigenvalue weighted by Crippen LogP contribution is 2.31. The molecule has 0 saturated carbocycles. The van der Waals surface area contributed by atoms with Crippen LogP contribution in [0.5, 0.6) is 5.75 Å². The van der Waals surface area contributed by atoms with E-state index in [1.54, 1.807) is 24.3 Å². The van der Waals surface area contributed by atoms with Gasteiger partial charge in [0.15, 0.2) is 0 Å². The quantitative estimate of drug-likeness (QED) is 0.225. The average Bonchev–Trinajstić information content (AvgIpc) is 3.31. The molecular formula is C21H16N6O8. The summed E-state index contributed by atoms with van der Waals surface area (Å²) in [5.74, 6) is -0.868. The standard InChI is InChI=1S/C21H16N6O8/c1-34-12-4-2-10(3-5-12)24-21(31)35-9-11-8-22-18(23-11)13-6-14-15(7-16(13)27(32)33)26-19(28)17(25-14)20(29)30/h2-8H,9H2,1H3,(H,22,23)(H,24,31)(H,26,28)(H,29,30). The summed E-state index contributed by atoms with van der Waals surface area (Å²) in [6, 6.07) is 8.87. The molecule has 2 heterocycles. The van der Waals surface area contributed by atoms with Crippen LogP contribution in [-0.2, 0) is 11.3 Å². The lowest BCUT2D eigenvalue weighted by Crippen LogP contribution is -2.19. The molecule has 0 atom stereocenters. The zero-order valence-corrected chi connectivity index (χ0v) is 17.9. The van der Waals surface area contributed by atoms with Gasteiger partial charge in [-0.05, 0) is 30.3 Å². The minimum Gasteiger partial charge on any atom is -0.497 e. The number of aromatic carboxylic acids is 1. The van der Waals surface area contributed by atoms with E-state index in [-0.39, 0.29) is 34.7 Å². The maximum absolute atomic E-state index is 12.0. The van der Waals surface area contributed by atoms with Gasteiger partial charge in [0.05, 0.1) is 34.3 Å². The van der Waals surface area contributed by atoms with Gasteiger partial charge in [0.25, 0.3) is 11.2 Å². The predicted molar refractivity (Wildman–Crippen MR) is 120 cm³/mol. The van der Waals surface area contributed by atoms with Crippen molar-refractivity contribution in [3.63, 3.8) is 0 Å². The molecule has 2 aromatic carbocycles. The van der Waals surface area contributed by atoms with E-state index in [2.05, 4.69) is 25.3 Å². The van der Waals surface area contributed by atoms with Crippen molar-refractivity contribution < 1.29 is 29.1 Å². The van der Waals surface area contributed by atoms with Crippen molar-refractivity contribution in [1.82, 2.24) is 19.9 Å².